The van der Waals surface area contributed by atoms with Gasteiger partial charge in [-0.25, -0.2) is 0 Å². The molecule has 19 heavy (non-hydrogen) atoms. The van der Waals surface area contributed by atoms with Crippen LogP contribution in [-0.4, -0.2) is 0 Å². The maximum Gasteiger partial charge on any atom is 0.211 e. The van der Waals surface area contributed by atoms with Gasteiger partial charge < -0.3 is 0 Å². The van der Waals surface area contributed by atoms with E-state index < -0.39 is 0 Å². The molecule has 0 unspecified atom stereocenters. The molecule has 1 nitrogen and oxygen atoms in total. The Labute approximate surface area is 113 Å². The van der Waals surface area contributed by atoms with E-state index in [2.05, 4.69) is 65.3 Å². The topological polar surface area (TPSA) is 4.10 Å². The molecule has 0 saturated heterocycles. The smallest absolute Gasteiger partial charge is 0.167 e. The molecule has 0 aliphatic heterocycles. The van der Waals surface area contributed by atoms with E-state index in [0.717, 1.165) is 0 Å². The minimum Gasteiger partial charge on any atom is -0.167 e. The SMILES string of the molecule is c1ccc2c(c1)CCCc1c[n+]3ccccc3cc1-2. The highest BCUT2D eigenvalue weighted by molar-refractivity contribution is 5.73. The molecule has 2 heterocycles. The van der Waals surface area contributed by atoms with Gasteiger partial charge in [-0.1, -0.05) is 24.3 Å². The van der Waals surface area contributed by atoms with Gasteiger partial charge >= 0.3 is 0 Å². The van der Waals surface area contributed by atoms with E-state index in [4.69, 9.17) is 0 Å². The minimum atomic E-state index is 1.17. The Balaban J connectivity index is 2.06. The van der Waals surface area contributed by atoms with Gasteiger partial charge in [0, 0.05) is 23.8 Å². The predicted molar refractivity (Wildman–Crippen MR) is 77.1 cm³/mol. The van der Waals surface area contributed by atoms with E-state index in [1.807, 2.05) is 0 Å². The lowest BCUT2D eigenvalue weighted by Gasteiger charge is -2.07. The third-order valence-corrected chi connectivity index (χ3v) is 4.06. The van der Waals surface area contributed by atoms with Gasteiger partial charge in [0.1, 0.15) is 0 Å². The summed E-state index contributed by atoms with van der Waals surface area (Å²) in [5.74, 6) is 0. The van der Waals surface area contributed by atoms with Crippen molar-refractivity contribution in [3.63, 3.8) is 0 Å². The molecule has 2 aromatic heterocycles. The van der Waals surface area contributed by atoms with Crippen molar-refractivity contribution >= 4 is 5.52 Å². The molecule has 4 rings (SSSR count). The lowest BCUT2D eigenvalue weighted by molar-refractivity contribution is -0.512. The van der Waals surface area contributed by atoms with Crippen LogP contribution in [0.3, 0.4) is 0 Å². The number of benzene rings is 1. The summed E-state index contributed by atoms with van der Waals surface area (Å²) in [6.45, 7) is 0. The summed E-state index contributed by atoms with van der Waals surface area (Å²) in [6.07, 6.45) is 8.02. The Bertz CT molecular complexity index is 758. The number of pyridine rings is 2. The first-order valence-electron chi connectivity index (χ1n) is 6.93. The Morgan fingerprint density at radius 2 is 1.63 bits per heavy atom. The molecule has 0 N–H and O–H groups in total. The second-order valence-electron chi connectivity index (χ2n) is 5.26. The van der Waals surface area contributed by atoms with Gasteiger partial charge in [-0.3, -0.25) is 0 Å². The second kappa shape index (κ2) is 4.20. The molecule has 0 bridgehead atoms. The van der Waals surface area contributed by atoms with Gasteiger partial charge in [-0.2, -0.15) is 4.40 Å². The molecule has 0 amide bonds. The van der Waals surface area contributed by atoms with Crippen LogP contribution in [0.4, 0.5) is 0 Å². The highest BCUT2D eigenvalue weighted by atomic mass is 14.8. The highest BCUT2D eigenvalue weighted by Crippen LogP contribution is 2.32. The predicted octanol–water partition coefficient (Wildman–Crippen LogP) is 3.58. The molecule has 0 fully saturated rings. The van der Waals surface area contributed by atoms with Crippen LogP contribution in [-0.2, 0) is 12.8 Å². The van der Waals surface area contributed by atoms with Crippen molar-refractivity contribution in [2.24, 2.45) is 0 Å². The van der Waals surface area contributed by atoms with Crippen LogP contribution in [0.15, 0.2) is 60.9 Å². The fourth-order valence-corrected chi connectivity index (χ4v) is 3.11. The zero-order valence-electron chi connectivity index (χ0n) is 10.8. The van der Waals surface area contributed by atoms with Crippen LogP contribution in [0.25, 0.3) is 16.6 Å². The molecule has 1 heteroatoms. The fraction of sp³-hybridized carbons (Fsp3) is 0.167. The molecule has 0 spiro atoms. The summed E-state index contributed by atoms with van der Waals surface area (Å²) < 4.78 is 2.23. The van der Waals surface area contributed by atoms with E-state index in [0.29, 0.717) is 0 Å². The lowest BCUT2D eigenvalue weighted by Crippen LogP contribution is -2.21. The van der Waals surface area contributed by atoms with E-state index in [1.54, 1.807) is 0 Å². The number of hydrogen-bond donors (Lipinski definition) is 0. The molecule has 3 aromatic rings. The number of aryl methyl sites for hydroxylation is 2. The van der Waals surface area contributed by atoms with Gasteiger partial charge in [-0.05, 0) is 42.0 Å². The van der Waals surface area contributed by atoms with Gasteiger partial charge in [-0.15, -0.1) is 0 Å². The van der Waals surface area contributed by atoms with Crippen molar-refractivity contribution in [1.82, 2.24) is 0 Å². The van der Waals surface area contributed by atoms with Crippen molar-refractivity contribution in [2.45, 2.75) is 19.3 Å². The van der Waals surface area contributed by atoms with E-state index in [-0.39, 0.29) is 0 Å². The lowest BCUT2D eigenvalue weighted by atomic mass is 9.97. The fourth-order valence-electron chi connectivity index (χ4n) is 3.11. The number of nitrogens with zero attached hydrogens (tertiary/aromatic N) is 1. The first-order chi connectivity index (χ1) is 9.42. The van der Waals surface area contributed by atoms with Crippen molar-refractivity contribution in [3.8, 4) is 11.1 Å². The normalized spacial score (nSPS) is 13.7. The van der Waals surface area contributed by atoms with Gasteiger partial charge in [0.2, 0.25) is 5.52 Å². The van der Waals surface area contributed by atoms with Crippen molar-refractivity contribution in [2.75, 3.05) is 0 Å². The highest BCUT2D eigenvalue weighted by Gasteiger charge is 2.17. The molecular formula is C18H16N+. The van der Waals surface area contributed by atoms with Crippen LogP contribution in [0.2, 0.25) is 0 Å². The third-order valence-electron chi connectivity index (χ3n) is 4.06. The first kappa shape index (κ1) is 10.7. The number of hydrogen-bond acceptors (Lipinski definition) is 0. The Morgan fingerprint density at radius 3 is 2.63 bits per heavy atom. The zero-order valence-corrected chi connectivity index (χ0v) is 10.8. The van der Waals surface area contributed by atoms with Crippen LogP contribution in [0.1, 0.15) is 17.5 Å². The second-order valence-corrected chi connectivity index (χ2v) is 5.26. The van der Waals surface area contributed by atoms with Crippen LogP contribution < -0.4 is 4.40 Å². The number of rotatable bonds is 0. The van der Waals surface area contributed by atoms with E-state index >= 15 is 0 Å². The Hall–Kier alpha value is -2.15. The number of fused-ring (bicyclic) bond motifs is 4. The van der Waals surface area contributed by atoms with E-state index in [9.17, 15) is 0 Å². The maximum atomic E-state index is 2.33. The van der Waals surface area contributed by atoms with Crippen LogP contribution in [0.5, 0.6) is 0 Å². The first-order valence-corrected chi connectivity index (χ1v) is 6.93. The van der Waals surface area contributed by atoms with Crippen molar-refractivity contribution in [1.29, 1.82) is 0 Å². The molecule has 0 radical (unpaired) electrons. The summed E-state index contributed by atoms with van der Waals surface area (Å²) >= 11 is 0. The summed E-state index contributed by atoms with van der Waals surface area (Å²) in [5, 5.41) is 0. The Morgan fingerprint density at radius 1 is 0.789 bits per heavy atom. The van der Waals surface area contributed by atoms with Gasteiger partial charge in [0.15, 0.2) is 12.4 Å². The maximum absolute atomic E-state index is 2.33. The third kappa shape index (κ3) is 1.74. The van der Waals surface area contributed by atoms with Crippen LogP contribution in [0, 0.1) is 0 Å². The molecule has 0 atom stereocenters. The van der Waals surface area contributed by atoms with Gasteiger partial charge in [0.05, 0.1) is 0 Å². The Kier molecular flexibility index (Phi) is 2.37. The largest absolute Gasteiger partial charge is 0.211 e. The molecule has 92 valence electrons. The summed E-state index contributed by atoms with van der Waals surface area (Å²) in [4.78, 5) is 0. The summed E-state index contributed by atoms with van der Waals surface area (Å²) in [7, 11) is 0. The minimum absolute atomic E-state index is 1.17. The monoisotopic (exact) mass is 246 g/mol. The van der Waals surface area contributed by atoms with Crippen molar-refractivity contribution in [3.05, 3.63) is 72.1 Å². The molecular weight excluding hydrogens is 230 g/mol. The molecule has 0 saturated carbocycles. The molecule has 1 aliphatic rings. The standard InChI is InChI=1S/C18H16N/c1-2-10-17-14(6-1)7-5-8-15-13-19-11-4-3-9-16(19)12-18(15)17/h1-4,6,9-13H,5,7-8H2/q+1. The zero-order chi connectivity index (χ0) is 12.7. The quantitative estimate of drug-likeness (QED) is 0.534. The summed E-state index contributed by atoms with van der Waals surface area (Å²) in [5.41, 5.74) is 7.05. The van der Waals surface area contributed by atoms with Gasteiger partial charge in [0.25, 0.3) is 0 Å². The average Bonchev–Trinajstić information content (AvgIpc) is 2.64. The number of aromatic nitrogens is 1. The van der Waals surface area contributed by atoms with E-state index in [1.165, 1.54) is 47.0 Å². The summed E-state index contributed by atoms with van der Waals surface area (Å²) in [6, 6.07) is 17.5. The average molecular weight is 246 g/mol. The van der Waals surface area contributed by atoms with Crippen molar-refractivity contribution < 1.29 is 4.40 Å². The molecule has 1 aliphatic carbocycles. The van der Waals surface area contributed by atoms with Crippen LogP contribution >= 0.6 is 0 Å². The molecule has 1 aromatic carbocycles.